The third-order valence-electron chi connectivity index (χ3n) is 4.40. The summed E-state index contributed by atoms with van der Waals surface area (Å²) in [6.07, 6.45) is 3.09. The van der Waals surface area contributed by atoms with E-state index < -0.39 is 0 Å². The number of ether oxygens (including phenoxy) is 2. The second-order valence-corrected chi connectivity index (χ2v) is 6.44. The Morgan fingerprint density at radius 2 is 2.25 bits per heavy atom. The zero-order chi connectivity index (χ0) is 17.1. The molecule has 1 fully saturated rings. The van der Waals surface area contributed by atoms with Crippen molar-refractivity contribution >= 4 is 6.03 Å². The number of nitrogens with one attached hydrogen (secondary N) is 1. The summed E-state index contributed by atoms with van der Waals surface area (Å²) in [5.41, 5.74) is 2.07. The number of aliphatic hydroxyl groups is 1. The quantitative estimate of drug-likeness (QED) is 0.801. The van der Waals surface area contributed by atoms with Crippen molar-refractivity contribution in [3.05, 3.63) is 23.3 Å². The molecular formula is C18H26N2O4. The summed E-state index contributed by atoms with van der Waals surface area (Å²) in [4.78, 5) is 14.1. The molecule has 0 bridgehead atoms. The number of aliphatic hydroxyl groups excluding tert-OH is 1. The van der Waals surface area contributed by atoms with Crippen molar-refractivity contribution in [1.29, 1.82) is 0 Å². The Morgan fingerprint density at radius 3 is 2.92 bits per heavy atom. The minimum atomic E-state index is -0.135. The lowest BCUT2D eigenvalue weighted by molar-refractivity contribution is 0.173. The van der Waals surface area contributed by atoms with E-state index in [0.29, 0.717) is 19.7 Å². The molecule has 0 aromatic heterocycles. The van der Waals surface area contributed by atoms with Crippen LogP contribution < -0.4 is 14.8 Å². The van der Waals surface area contributed by atoms with Crippen LogP contribution in [0.4, 0.5) is 4.79 Å². The minimum absolute atomic E-state index is 0.0152. The largest absolute Gasteiger partial charge is 0.494 e. The zero-order valence-electron chi connectivity index (χ0n) is 14.4. The van der Waals surface area contributed by atoms with Crippen LogP contribution in [0.25, 0.3) is 0 Å². The summed E-state index contributed by atoms with van der Waals surface area (Å²) in [5, 5.41) is 12.1. The van der Waals surface area contributed by atoms with Gasteiger partial charge in [0.1, 0.15) is 17.6 Å². The van der Waals surface area contributed by atoms with Gasteiger partial charge in [0.25, 0.3) is 0 Å². The molecule has 0 saturated heterocycles. The number of hydrogen-bond donors (Lipinski definition) is 2. The van der Waals surface area contributed by atoms with Gasteiger partial charge >= 0.3 is 6.03 Å². The monoisotopic (exact) mass is 334 g/mol. The Morgan fingerprint density at radius 1 is 1.46 bits per heavy atom. The summed E-state index contributed by atoms with van der Waals surface area (Å²) < 4.78 is 11.5. The van der Waals surface area contributed by atoms with Gasteiger partial charge in [0.05, 0.1) is 13.2 Å². The number of carbonyl (C=O) groups excluding carboxylic acids is 1. The Hall–Kier alpha value is -1.95. The predicted octanol–water partition coefficient (Wildman–Crippen LogP) is 2.07. The lowest BCUT2D eigenvalue weighted by Crippen LogP contribution is -2.42. The molecule has 2 amide bonds. The van der Waals surface area contributed by atoms with E-state index in [1.165, 1.54) is 0 Å². The average molecular weight is 334 g/mol. The van der Waals surface area contributed by atoms with Crippen molar-refractivity contribution in [2.45, 2.75) is 51.8 Å². The van der Waals surface area contributed by atoms with Crippen LogP contribution in [0, 0.1) is 0 Å². The predicted molar refractivity (Wildman–Crippen MR) is 90.5 cm³/mol. The van der Waals surface area contributed by atoms with Gasteiger partial charge in [-0.15, -0.1) is 0 Å². The van der Waals surface area contributed by atoms with Gasteiger partial charge in [-0.1, -0.05) is 0 Å². The van der Waals surface area contributed by atoms with Crippen LogP contribution in [0.3, 0.4) is 0 Å². The van der Waals surface area contributed by atoms with E-state index in [1.54, 1.807) is 4.90 Å². The lowest BCUT2D eigenvalue weighted by atomic mass is 10.1. The second kappa shape index (κ2) is 7.30. The van der Waals surface area contributed by atoms with Gasteiger partial charge in [0.2, 0.25) is 0 Å². The van der Waals surface area contributed by atoms with E-state index in [9.17, 15) is 4.79 Å². The van der Waals surface area contributed by atoms with E-state index in [2.05, 4.69) is 5.32 Å². The first-order chi connectivity index (χ1) is 11.6. The number of amides is 2. The van der Waals surface area contributed by atoms with Crippen molar-refractivity contribution < 1.29 is 19.4 Å². The number of urea groups is 1. The Bertz CT molecular complexity index is 601. The first kappa shape index (κ1) is 16.9. The van der Waals surface area contributed by atoms with Crippen LogP contribution in [-0.2, 0) is 13.0 Å². The minimum Gasteiger partial charge on any atom is -0.494 e. The summed E-state index contributed by atoms with van der Waals surface area (Å²) in [6, 6.07) is 4.13. The first-order valence-electron chi connectivity index (χ1n) is 8.73. The molecule has 24 heavy (non-hydrogen) atoms. The maximum Gasteiger partial charge on any atom is 0.317 e. The average Bonchev–Trinajstić information content (AvgIpc) is 3.32. The molecule has 6 heteroatoms. The molecule has 1 aromatic carbocycles. The highest BCUT2D eigenvalue weighted by molar-refractivity contribution is 5.75. The summed E-state index contributed by atoms with van der Waals surface area (Å²) in [7, 11) is 0. The Kier molecular flexibility index (Phi) is 5.14. The maximum absolute atomic E-state index is 12.4. The molecule has 0 unspecified atom stereocenters. The maximum atomic E-state index is 12.4. The van der Waals surface area contributed by atoms with Crippen molar-refractivity contribution in [2.75, 3.05) is 19.8 Å². The summed E-state index contributed by atoms with van der Waals surface area (Å²) >= 11 is 0. The van der Waals surface area contributed by atoms with Gasteiger partial charge in [-0.25, -0.2) is 4.79 Å². The van der Waals surface area contributed by atoms with Crippen LogP contribution >= 0.6 is 0 Å². The van der Waals surface area contributed by atoms with Gasteiger partial charge < -0.3 is 24.8 Å². The molecule has 1 aliphatic heterocycles. The molecule has 0 spiro atoms. The van der Waals surface area contributed by atoms with E-state index in [-0.39, 0.29) is 24.8 Å². The molecule has 1 atom stereocenters. The third kappa shape index (κ3) is 3.75. The van der Waals surface area contributed by atoms with Gasteiger partial charge in [-0.3, -0.25) is 0 Å². The van der Waals surface area contributed by atoms with Gasteiger partial charge in [-0.05, 0) is 38.8 Å². The van der Waals surface area contributed by atoms with Crippen LogP contribution in [0.2, 0.25) is 0 Å². The second-order valence-electron chi connectivity index (χ2n) is 6.44. The fourth-order valence-corrected chi connectivity index (χ4v) is 3.13. The number of rotatable bonds is 7. The van der Waals surface area contributed by atoms with Crippen molar-refractivity contribution in [3.63, 3.8) is 0 Å². The lowest BCUT2D eigenvalue weighted by Gasteiger charge is -2.22. The van der Waals surface area contributed by atoms with Crippen LogP contribution in [0.15, 0.2) is 12.1 Å². The number of nitrogens with zero attached hydrogens (tertiary/aromatic N) is 1. The standard InChI is InChI=1S/C18H26N2O4/c1-3-23-16-9-13-8-12(2)24-17(13)10-14(16)11-19-18(22)20(6-7-21)15-4-5-15/h9-10,12,15,21H,3-8,11H2,1-2H3,(H,19,22)/t12-/m1/s1. The van der Waals surface area contributed by atoms with Gasteiger partial charge in [0, 0.05) is 36.7 Å². The fourth-order valence-electron chi connectivity index (χ4n) is 3.13. The molecular weight excluding hydrogens is 308 g/mol. The van der Waals surface area contributed by atoms with E-state index in [0.717, 1.165) is 41.9 Å². The van der Waals surface area contributed by atoms with E-state index >= 15 is 0 Å². The topological polar surface area (TPSA) is 71.0 Å². The molecule has 1 heterocycles. The number of fused-ring (bicyclic) bond motifs is 1. The van der Waals surface area contributed by atoms with Crippen LogP contribution in [-0.4, -0.2) is 47.9 Å². The van der Waals surface area contributed by atoms with Crippen molar-refractivity contribution in [3.8, 4) is 11.5 Å². The molecule has 1 saturated carbocycles. The molecule has 1 aromatic rings. The highest BCUT2D eigenvalue weighted by Gasteiger charge is 2.32. The highest BCUT2D eigenvalue weighted by Crippen LogP contribution is 2.35. The van der Waals surface area contributed by atoms with Gasteiger partial charge in [-0.2, -0.15) is 0 Å². The van der Waals surface area contributed by atoms with Crippen LogP contribution in [0.5, 0.6) is 11.5 Å². The molecule has 6 nitrogen and oxygen atoms in total. The Labute approximate surface area is 142 Å². The normalized spacial score (nSPS) is 18.7. The Balaban J connectivity index is 1.69. The number of hydrogen-bond acceptors (Lipinski definition) is 4. The zero-order valence-corrected chi connectivity index (χ0v) is 14.4. The molecule has 0 radical (unpaired) electrons. The van der Waals surface area contributed by atoms with E-state index in [1.807, 2.05) is 26.0 Å². The SMILES string of the molecule is CCOc1cc2c(cc1CNC(=O)N(CCO)C1CC1)O[C@H](C)C2. The molecule has 1 aliphatic carbocycles. The van der Waals surface area contributed by atoms with Crippen molar-refractivity contribution in [2.24, 2.45) is 0 Å². The first-order valence-corrected chi connectivity index (χ1v) is 8.73. The number of carbonyl (C=O) groups is 1. The highest BCUT2D eigenvalue weighted by atomic mass is 16.5. The molecule has 2 N–H and O–H groups in total. The molecule has 2 aliphatic rings. The fraction of sp³-hybridized carbons (Fsp3) is 0.611. The third-order valence-corrected chi connectivity index (χ3v) is 4.40. The van der Waals surface area contributed by atoms with E-state index in [4.69, 9.17) is 14.6 Å². The van der Waals surface area contributed by atoms with Crippen LogP contribution in [0.1, 0.15) is 37.8 Å². The smallest absolute Gasteiger partial charge is 0.317 e. The van der Waals surface area contributed by atoms with Crippen molar-refractivity contribution in [1.82, 2.24) is 10.2 Å². The molecule has 132 valence electrons. The van der Waals surface area contributed by atoms with Gasteiger partial charge in [0.15, 0.2) is 0 Å². The number of benzene rings is 1. The summed E-state index contributed by atoms with van der Waals surface area (Å²) in [5.74, 6) is 1.68. The molecule has 3 rings (SSSR count). The summed E-state index contributed by atoms with van der Waals surface area (Å²) in [6.45, 7) is 5.32.